The number of aromatic hydroxyl groups is 1. The van der Waals surface area contributed by atoms with E-state index in [1.165, 1.54) is 17.0 Å². The first kappa shape index (κ1) is 35.1. The molecule has 2 unspecified atom stereocenters. The van der Waals surface area contributed by atoms with Gasteiger partial charge < -0.3 is 31.1 Å². The Morgan fingerprint density at radius 1 is 0.953 bits per heavy atom. The molecule has 2 aromatic carbocycles. The summed E-state index contributed by atoms with van der Waals surface area (Å²) in [5.74, 6) is -2.04. The van der Waals surface area contributed by atoms with Crippen LogP contribution in [0.3, 0.4) is 0 Å². The Bertz CT molecular complexity index is 1240. The number of ether oxygens (including phenoxy) is 1. The minimum Gasteiger partial charge on any atom is -0.508 e. The number of hydrogen-bond donors (Lipinski definition) is 4. The lowest BCUT2D eigenvalue weighted by Gasteiger charge is -2.34. The zero-order chi connectivity index (χ0) is 32.2. The fourth-order valence-corrected chi connectivity index (χ4v) is 4.85. The van der Waals surface area contributed by atoms with Crippen LogP contribution in [-0.2, 0) is 19.1 Å². The zero-order valence-electron chi connectivity index (χ0n) is 26.4. The van der Waals surface area contributed by atoms with Gasteiger partial charge in [-0.05, 0) is 69.9 Å². The number of alkyl carbamates (subject to hydrolysis) is 1. The van der Waals surface area contributed by atoms with E-state index in [1.54, 1.807) is 32.9 Å². The number of nitrogens with zero attached hydrogens (tertiary/aromatic N) is 1. The molecule has 2 atom stereocenters. The van der Waals surface area contributed by atoms with Crippen molar-refractivity contribution >= 4 is 29.5 Å². The number of anilines is 1. The van der Waals surface area contributed by atoms with E-state index in [0.29, 0.717) is 17.7 Å². The molecule has 0 aliphatic heterocycles. The average Bonchev–Trinajstić information content (AvgIpc) is 2.90. The Morgan fingerprint density at radius 2 is 1.56 bits per heavy atom. The van der Waals surface area contributed by atoms with Crippen LogP contribution in [-0.4, -0.2) is 52.0 Å². The predicted octanol–water partition coefficient (Wildman–Crippen LogP) is 5.65. The molecule has 236 valence electrons. The maximum atomic E-state index is 14.2. The molecular formula is C33H48N4O6. The number of para-hydroxylation sites is 1. The normalized spacial score (nSPS) is 12.6. The number of nitrogens with two attached hydrogens (primary N) is 1. The number of phenolic OH excluding ortho intramolecular Hbond substituents is 1. The summed E-state index contributed by atoms with van der Waals surface area (Å²) in [5, 5.41) is 15.8. The van der Waals surface area contributed by atoms with Gasteiger partial charge in [-0.25, -0.2) is 4.79 Å². The van der Waals surface area contributed by atoms with Gasteiger partial charge in [0, 0.05) is 12.2 Å². The lowest BCUT2D eigenvalue weighted by molar-refractivity contribution is -0.142. The molecule has 0 aromatic heterocycles. The fraction of sp³-hybridized carbons (Fsp3) is 0.515. The summed E-state index contributed by atoms with van der Waals surface area (Å²) in [5.41, 5.74) is 7.32. The van der Waals surface area contributed by atoms with E-state index in [2.05, 4.69) is 17.6 Å². The smallest absolute Gasteiger partial charge is 0.408 e. The molecule has 0 spiro atoms. The van der Waals surface area contributed by atoms with Crippen molar-refractivity contribution in [2.45, 2.75) is 104 Å². The lowest BCUT2D eigenvalue weighted by atomic mass is 10.00. The number of benzene rings is 2. The Hall–Kier alpha value is -4.08. The first-order valence-corrected chi connectivity index (χ1v) is 15.0. The van der Waals surface area contributed by atoms with Crippen LogP contribution in [0.1, 0.15) is 95.4 Å². The van der Waals surface area contributed by atoms with Gasteiger partial charge >= 0.3 is 6.09 Å². The predicted molar refractivity (Wildman–Crippen MR) is 167 cm³/mol. The van der Waals surface area contributed by atoms with Crippen molar-refractivity contribution in [2.75, 3.05) is 11.9 Å². The molecule has 0 heterocycles. The van der Waals surface area contributed by atoms with E-state index in [4.69, 9.17) is 10.5 Å². The van der Waals surface area contributed by atoms with Gasteiger partial charge in [0.2, 0.25) is 11.8 Å². The number of hydrogen-bond acceptors (Lipinski definition) is 6. The van der Waals surface area contributed by atoms with E-state index in [0.717, 1.165) is 43.2 Å². The fourth-order valence-electron chi connectivity index (χ4n) is 4.85. The second-order valence-corrected chi connectivity index (χ2v) is 11.9. The maximum absolute atomic E-state index is 14.2. The molecule has 0 radical (unpaired) electrons. The van der Waals surface area contributed by atoms with Crippen LogP contribution >= 0.6 is 0 Å². The van der Waals surface area contributed by atoms with Crippen molar-refractivity contribution in [2.24, 2.45) is 5.73 Å². The number of unbranched alkanes of at least 4 members (excludes halogenated alkanes) is 5. The van der Waals surface area contributed by atoms with E-state index >= 15 is 0 Å². The van der Waals surface area contributed by atoms with Crippen molar-refractivity contribution in [1.29, 1.82) is 0 Å². The molecule has 0 aliphatic rings. The van der Waals surface area contributed by atoms with Crippen molar-refractivity contribution < 1.29 is 29.0 Å². The number of primary amides is 1. The molecule has 0 saturated heterocycles. The SMILES string of the molecule is CCCCCCCCN(C(=O)C(CC(N)=O)NC(=O)OC(C)(C)C)C(C(=O)Nc1c(C)cccc1C)c1cccc(O)c1. The highest BCUT2D eigenvalue weighted by Gasteiger charge is 2.37. The van der Waals surface area contributed by atoms with Gasteiger partial charge in [0.15, 0.2) is 0 Å². The van der Waals surface area contributed by atoms with Gasteiger partial charge in [-0.2, -0.15) is 0 Å². The molecule has 2 rings (SSSR count). The summed E-state index contributed by atoms with van der Waals surface area (Å²) in [7, 11) is 0. The number of amides is 4. The van der Waals surface area contributed by atoms with Crippen molar-refractivity contribution in [3.05, 3.63) is 59.2 Å². The molecule has 5 N–H and O–H groups in total. The van der Waals surface area contributed by atoms with Crippen LogP contribution in [0, 0.1) is 13.8 Å². The van der Waals surface area contributed by atoms with Crippen LogP contribution in [0.2, 0.25) is 0 Å². The van der Waals surface area contributed by atoms with Gasteiger partial charge in [-0.15, -0.1) is 0 Å². The quantitative estimate of drug-likeness (QED) is 0.195. The van der Waals surface area contributed by atoms with E-state index in [9.17, 15) is 24.3 Å². The summed E-state index contributed by atoms with van der Waals surface area (Å²) in [6.45, 7) is 11.1. The minimum atomic E-state index is -1.37. The summed E-state index contributed by atoms with van der Waals surface area (Å²) >= 11 is 0. The topological polar surface area (TPSA) is 151 Å². The first-order valence-electron chi connectivity index (χ1n) is 15.0. The molecular weight excluding hydrogens is 548 g/mol. The second-order valence-electron chi connectivity index (χ2n) is 11.9. The zero-order valence-corrected chi connectivity index (χ0v) is 26.4. The number of aryl methyl sites for hydroxylation is 2. The first-order chi connectivity index (χ1) is 20.2. The van der Waals surface area contributed by atoms with Crippen LogP contribution < -0.4 is 16.4 Å². The number of phenols is 1. The van der Waals surface area contributed by atoms with Crippen LogP contribution in [0.15, 0.2) is 42.5 Å². The standard InChI is InChI=1S/C33H48N4O6/c1-7-8-9-10-11-12-19-37(31(41)26(21-27(34)39)35-32(42)43-33(4,5)6)29(24-17-14-18-25(38)20-24)30(40)36-28-22(2)15-13-16-23(28)3/h13-18,20,26,29,38H,7-12,19,21H2,1-6H3,(H2,34,39)(H,35,42)(H,36,40). The van der Waals surface area contributed by atoms with Crippen molar-refractivity contribution in [1.82, 2.24) is 10.2 Å². The minimum absolute atomic E-state index is 0.0742. The molecule has 0 saturated carbocycles. The molecule has 10 nitrogen and oxygen atoms in total. The number of carbonyl (C=O) groups is 4. The molecule has 4 amide bonds. The average molecular weight is 597 g/mol. The third-order valence-corrected chi connectivity index (χ3v) is 6.91. The third kappa shape index (κ3) is 11.6. The van der Waals surface area contributed by atoms with Gasteiger partial charge in [-0.1, -0.05) is 69.4 Å². The van der Waals surface area contributed by atoms with Crippen molar-refractivity contribution in [3.8, 4) is 5.75 Å². The van der Waals surface area contributed by atoms with Gasteiger partial charge in [0.05, 0.1) is 6.42 Å². The summed E-state index contributed by atoms with van der Waals surface area (Å²) in [6, 6.07) is 9.23. The van der Waals surface area contributed by atoms with Crippen molar-refractivity contribution in [3.63, 3.8) is 0 Å². The van der Waals surface area contributed by atoms with Crippen LogP contribution in [0.25, 0.3) is 0 Å². The van der Waals surface area contributed by atoms with Gasteiger partial charge in [-0.3, -0.25) is 14.4 Å². The maximum Gasteiger partial charge on any atom is 0.408 e. The second kappa shape index (κ2) is 16.5. The van der Waals surface area contributed by atoms with Gasteiger partial charge in [0.25, 0.3) is 5.91 Å². The summed E-state index contributed by atoms with van der Waals surface area (Å²) in [4.78, 5) is 54.5. The molecule has 2 aromatic rings. The molecule has 10 heteroatoms. The lowest BCUT2D eigenvalue weighted by Crippen LogP contribution is -2.53. The molecule has 43 heavy (non-hydrogen) atoms. The summed E-state index contributed by atoms with van der Waals surface area (Å²) in [6.07, 6.45) is 4.23. The Kier molecular flexibility index (Phi) is 13.5. The Morgan fingerprint density at radius 3 is 2.14 bits per heavy atom. The third-order valence-electron chi connectivity index (χ3n) is 6.91. The number of nitrogens with one attached hydrogen (secondary N) is 2. The van der Waals surface area contributed by atoms with Gasteiger partial charge in [0.1, 0.15) is 23.4 Å². The highest BCUT2D eigenvalue weighted by atomic mass is 16.6. The van der Waals surface area contributed by atoms with E-state index < -0.39 is 47.9 Å². The number of carbonyl (C=O) groups excluding carboxylic acids is 4. The molecule has 0 bridgehead atoms. The highest BCUT2D eigenvalue weighted by Crippen LogP contribution is 2.29. The monoisotopic (exact) mass is 596 g/mol. The molecule has 0 aliphatic carbocycles. The Balaban J connectivity index is 2.56. The molecule has 0 fully saturated rings. The Labute approximate surface area is 255 Å². The van der Waals surface area contributed by atoms with Crippen LogP contribution in [0.4, 0.5) is 10.5 Å². The number of rotatable bonds is 15. The van der Waals surface area contributed by atoms with Crippen LogP contribution in [0.5, 0.6) is 5.75 Å². The van der Waals surface area contributed by atoms with E-state index in [-0.39, 0.29) is 12.3 Å². The summed E-state index contributed by atoms with van der Waals surface area (Å²) < 4.78 is 5.34. The van der Waals surface area contributed by atoms with E-state index in [1.807, 2.05) is 32.0 Å². The largest absolute Gasteiger partial charge is 0.508 e. The highest BCUT2D eigenvalue weighted by molar-refractivity contribution is 6.00.